The minimum absolute atomic E-state index is 0.177. The fraction of sp³-hybridized carbons (Fsp3) is 0.536. The van der Waals surface area contributed by atoms with Gasteiger partial charge in [0.15, 0.2) is 0 Å². The molecule has 0 spiro atoms. The number of halogens is 1. The van der Waals surface area contributed by atoms with Crippen LogP contribution in [0.25, 0.3) is 0 Å². The van der Waals surface area contributed by atoms with E-state index in [2.05, 4.69) is 32.8 Å². The summed E-state index contributed by atoms with van der Waals surface area (Å²) in [6, 6.07) is 13.6. The maximum Gasteiger partial charge on any atom is 0.415 e. The average Bonchev–Trinajstić information content (AvgIpc) is 3.04. The van der Waals surface area contributed by atoms with E-state index in [-0.39, 0.29) is 16.9 Å². The maximum atomic E-state index is 13.8. The summed E-state index contributed by atoms with van der Waals surface area (Å²) in [4.78, 5) is 22.1. The molecule has 1 amide bonds. The summed E-state index contributed by atoms with van der Waals surface area (Å²) in [6.07, 6.45) is 2.25. The number of benzene rings is 2. The van der Waals surface area contributed by atoms with Gasteiger partial charge >= 0.3 is 6.09 Å². The third kappa shape index (κ3) is 4.71. The number of hydrogen-bond acceptors (Lipinski definition) is 4. The number of carbonyl (C=O) groups excluding carboxylic acids is 1. The standard InChI is InChI=1S/C28H37FN2O3/c1-26(2,3)33-25(32)30-22-12-9-8-11-21(22)24(23(30)19-13-15-20(29)16-14-19)34-31-27(4,5)17-10-18-28(31,6)7/h8-9,11-16,23-24H,10,17-18H2,1-7H3/t23-,24+/m0/s1. The molecule has 0 bridgehead atoms. The smallest absolute Gasteiger partial charge is 0.415 e. The lowest BCUT2D eigenvalue weighted by molar-refractivity contribution is -0.309. The number of anilines is 1. The molecular formula is C28H37FN2O3. The summed E-state index contributed by atoms with van der Waals surface area (Å²) in [5, 5.41) is 2.13. The highest BCUT2D eigenvalue weighted by molar-refractivity contribution is 5.92. The van der Waals surface area contributed by atoms with Crippen molar-refractivity contribution in [2.75, 3.05) is 4.90 Å². The first-order valence-corrected chi connectivity index (χ1v) is 12.1. The molecule has 2 aromatic rings. The number of hydroxylamine groups is 2. The molecular weight excluding hydrogens is 431 g/mol. The molecule has 0 N–H and O–H groups in total. The second-order valence-electron chi connectivity index (χ2n) is 11.7. The number of hydrogen-bond donors (Lipinski definition) is 0. The van der Waals surface area contributed by atoms with Crippen molar-refractivity contribution in [3.05, 3.63) is 65.5 Å². The van der Waals surface area contributed by atoms with Gasteiger partial charge < -0.3 is 4.74 Å². The summed E-state index contributed by atoms with van der Waals surface area (Å²) in [5.41, 5.74) is 1.45. The summed E-state index contributed by atoms with van der Waals surface area (Å²) in [5.74, 6) is -0.321. The molecule has 2 heterocycles. The lowest BCUT2D eigenvalue weighted by atomic mass is 9.82. The van der Waals surface area contributed by atoms with E-state index in [1.807, 2.05) is 45.0 Å². The zero-order chi connectivity index (χ0) is 24.9. The molecule has 34 heavy (non-hydrogen) atoms. The monoisotopic (exact) mass is 468 g/mol. The van der Waals surface area contributed by atoms with Crippen LogP contribution in [0, 0.1) is 5.82 Å². The van der Waals surface area contributed by atoms with E-state index >= 15 is 0 Å². The molecule has 2 aliphatic heterocycles. The van der Waals surface area contributed by atoms with Crippen LogP contribution in [-0.2, 0) is 9.57 Å². The molecule has 2 atom stereocenters. The van der Waals surface area contributed by atoms with Gasteiger partial charge in [0.25, 0.3) is 0 Å². The van der Waals surface area contributed by atoms with Crippen LogP contribution in [0.15, 0.2) is 48.5 Å². The number of carbonyl (C=O) groups is 1. The average molecular weight is 469 g/mol. The van der Waals surface area contributed by atoms with Crippen LogP contribution in [0.5, 0.6) is 0 Å². The molecule has 184 valence electrons. The van der Waals surface area contributed by atoms with Crippen molar-refractivity contribution in [3.63, 3.8) is 0 Å². The van der Waals surface area contributed by atoms with E-state index in [0.717, 1.165) is 36.1 Å². The normalized spacial score (nSPS) is 24.1. The van der Waals surface area contributed by atoms with Crippen LogP contribution >= 0.6 is 0 Å². The molecule has 6 heteroatoms. The van der Waals surface area contributed by atoms with Crippen LogP contribution in [0.1, 0.15) is 91.0 Å². The molecule has 2 aromatic carbocycles. The van der Waals surface area contributed by atoms with Crippen LogP contribution < -0.4 is 4.90 Å². The first kappa shape index (κ1) is 24.7. The Kier molecular flexibility index (Phi) is 6.28. The molecule has 5 nitrogen and oxygen atoms in total. The van der Waals surface area contributed by atoms with Gasteiger partial charge in [-0.15, -0.1) is 0 Å². The van der Waals surface area contributed by atoms with Gasteiger partial charge in [0.05, 0.1) is 11.7 Å². The van der Waals surface area contributed by atoms with Gasteiger partial charge in [-0.05, 0) is 91.5 Å². The van der Waals surface area contributed by atoms with Crippen molar-refractivity contribution in [3.8, 4) is 0 Å². The topological polar surface area (TPSA) is 42.0 Å². The van der Waals surface area contributed by atoms with E-state index in [0.29, 0.717) is 0 Å². The molecule has 0 aromatic heterocycles. The second-order valence-corrected chi connectivity index (χ2v) is 11.7. The first-order valence-electron chi connectivity index (χ1n) is 12.1. The molecule has 0 aliphatic carbocycles. The van der Waals surface area contributed by atoms with Crippen molar-refractivity contribution in [2.45, 2.75) is 96.6 Å². The van der Waals surface area contributed by atoms with E-state index in [4.69, 9.17) is 9.57 Å². The minimum Gasteiger partial charge on any atom is -0.443 e. The molecule has 1 fully saturated rings. The number of nitrogens with zero attached hydrogens (tertiary/aromatic N) is 2. The summed E-state index contributed by atoms with van der Waals surface area (Å²) >= 11 is 0. The lowest BCUT2D eigenvalue weighted by Crippen LogP contribution is -2.58. The molecule has 0 saturated carbocycles. The van der Waals surface area contributed by atoms with Crippen molar-refractivity contribution in [2.24, 2.45) is 0 Å². The molecule has 0 unspecified atom stereocenters. The van der Waals surface area contributed by atoms with Crippen molar-refractivity contribution < 1.29 is 18.8 Å². The Morgan fingerprint density at radius 3 is 2.15 bits per heavy atom. The van der Waals surface area contributed by atoms with Gasteiger partial charge in [-0.25, -0.2) is 9.18 Å². The first-order chi connectivity index (χ1) is 15.8. The van der Waals surface area contributed by atoms with Gasteiger partial charge in [-0.2, -0.15) is 5.06 Å². The number of fused-ring (bicyclic) bond motifs is 1. The van der Waals surface area contributed by atoms with Crippen LogP contribution in [0.4, 0.5) is 14.9 Å². The van der Waals surface area contributed by atoms with E-state index in [1.54, 1.807) is 17.0 Å². The SMILES string of the molecule is CC(C)(C)OC(=O)N1c2ccccc2[C@@H](ON2C(C)(C)CCCC2(C)C)[C@@H]1c1ccc(F)cc1. The fourth-order valence-corrected chi connectivity index (χ4v) is 5.40. The number of piperidine rings is 1. The van der Waals surface area contributed by atoms with Crippen LogP contribution in [0.3, 0.4) is 0 Å². The third-order valence-electron chi connectivity index (χ3n) is 6.77. The van der Waals surface area contributed by atoms with Crippen LogP contribution in [-0.4, -0.2) is 27.8 Å². The highest BCUT2D eigenvalue weighted by atomic mass is 19.1. The molecule has 4 rings (SSSR count). The summed E-state index contributed by atoms with van der Waals surface area (Å²) in [7, 11) is 0. The highest BCUT2D eigenvalue weighted by Gasteiger charge is 2.50. The highest BCUT2D eigenvalue weighted by Crippen LogP contribution is 2.52. The molecule has 1 saturated heterocycles. The number of para-hydroxylation sites is 1. The predicted molar refractivity (Wildman–Crippen MR) is 132 cm³/mol. The second kappa shape index (κ2) is 8.65. The number of amides is 1. The summed E-state index contributed by atoms with van der Waals surface area (Å²) in [6.45, 7) is 14.4. The lowest BCUT2D eigenvalue weighted by Gasteiger charge is -2.52. The summed E-state index contributed by atoms with van der Waals surface area (Å²) < 4.78 is 19.7. The predicted octanol–water partition coefficient (Wildman–Crippen LogP) is 7.34. The van der Waals surface area contributed by atoms with Crippen molar-refractivity contribution >= 4 is 11.8 Å². The van der Waals surface area contributed by atoms with Crippen LogP contribution in [0.2, 0.25) is 0 Å². The number of rotatable bonds is 3. The van der Waals surface area contributed by atoms with Gasteiger partial charge in [-0.1, -0.05) is 30.3 Å². The van der Waals surface area contributed by atoms with Crippen molar-refractivity contribution in [1.29, 1.82) is 0 Å². The Morgan fingerprint density at radius 1 is 0.971 bits per heavy atom. The molecule has 2 aliphatic rings. The Balaban J connectivity index is 1.83. The Bertz CT molecular complexity index is 1030. The van der Waals surface area contributed by atoms with Gasteiger partial charge in [0.2, 0.25) is 0 Å². The number of ether oxygens (including phenoxy) is 1. The van der Waals surface area contributed by atoms with Gasteiger partial charge in [-0.3, -0.25) is 9.74 Å². The maximum absolute atomic E-state index is 13.8. The Hall–Kier alpha value is -2.44. The Labute approximate surface area is 202 Å². The fourth-order valence-electron chi connectivity index (χ4n) is 5.40. The van der Waals surface area contributed by atoms with E-state index in [1.165, 1.54) is 12.1 Å². The zero-order valence-electron chi connectivity index (χ0n) is 21.4. The largest absolute Gasteiger partial charge is 0.443 e. The quantitative estimate of drug-likeness (QED) is 0.473. The van der Waals surface area contributed by atoms with Gasteiger partial charge in [0, 0.05) is 16.6 Å². The third-order valence-corrected chi connectivity index (χ3v) is 6.77. The van der Waals surface area contributed by atoms with Crippen molar-refractivity contribution in [1.82, 2.24) is 5.06 Å². The minimum atomic E-state index is -0.658. The molecule has 0 radical (unpaired) electrons. The van der Waals surface area contributed by atoms with E-state index < -0.39 is 23.8 Å². The van der Waals surface area contributed by atoms with E-state index in [9.17, 15) is 9.18 Å². The van der Waals surface area contributed by atoms with Gasteiger partial charge in [0.1, 0.15) is 17.5 Å². The Morgan fingerprint density at radius 2 is 1.56 bits per heavy atom. The zero-order valence-corrected chi connectivity index (χ0v) is 21.4.